The predicted octanol–water partition coefficient (Wildman–Crippen LogP) is 1.71. The van der Waals surface area contributed by atoms with Gasteiger partial charge in [0.25, 0.3) is 0 Å². The van der Waals surface area contributed by atoms with Gasteiger partial charge in [-0.25, -0.2) is 4.79 Å². The van der Waals surface area contributed by atoms with Gasteiger partial charge in [-0.3, -0.25) is 4.79 Å². The van der Waals surface area contributed by atoms with Crippen molar-refractivity contribution in [2.45, 2.75) is 40.7 Å². The normalized spacial score (nSPS) is 11.1. The molecule has 0 spiro atoms. The van der Waals surface area contributed by atoms with Crippen LogP contribution < -0.4 is 5.32 Å². The van der Waals surface area contributed by atoms with E-state index in [2.05, 4.69) is 5.32 Å². The van der Waals surface area contributed by atoms with Crippen molar-refractivity contribution in [1.82, 2.24) is 5.32 Å². The lowest BCUT2D eigenvalue weighted by atomic mass is 9.97. The molecule has 94 valence electrons. The van der Waals surface area contributed by atoms with E-state index in [1.165, 1.54) is 0 Å². The minimum atomic E-state index is -0.515. The van der Waals surface area contributed by atoms with Crippen LogP contribution in [0.2, 0.25) is 0 Å². The molecule has 0 aromatic rings. The van der Waals surface area contributed by atoms with Crippen molar-refractivity contribution in [3.63, 3.8) is 0 Å². The summed E-state index contributed by atoms with van der Waals surface area (Å²) >= 11 is 0. The molecule has 16 heavy (non-hydrogen) atoms. The molecule has 0 aliphatic carbocycles. The van der Waals surface area contributed by atoms with Crippen LogP contribution >= 0.6 is 0 Å². The summed E-state index contributed by atoms with van der Waals surface area (Å²) in [6.07, 6.45) is -0.654. The lowest BCUT2D eigenvalue weighted by Gasteiger charge is -2.16. The van der Waals surface area contributed by atoms with E-state index in [1.54, 1.807) is 34.6 Å². The zero-order valence-corrected chi connectivity index (χ0v) is 10.6. The number of esters is 1. The van der Waals surface area contributed by atoms with Gasteiger partial charge in [-0.15, -0.1) is 0 Å². The first-order valence-corrected chi connectivity index (χ1v) is 5.35. The fourth-order valence-electron chi connectivity index (χ4n) is 0.769. The number of ether oxygens (including phenoxy) is 2. The molecule has 5 nitrogen and oxygen atoms in total. The standard InChI is InChI=1S/C11H21NO4/c1-8(2)16-10(14)12-6-7-15-9(13)11(3,4)5/h8H,6-7H2,1-5H3,(H,12,14). The van der Waals surface area contributed by atoms with E-state index in [4.69, 9.17) is 9.47 Å². The molecule has 0 aliphatic rings. The van der Waals surface area contributed by atoms with E-state index in [-0.39, 0.29) is 25.2 Å². The summed E-state index contributed by atoms with van der Waals surface area (Å²) < 4.78 is 9.79. The third kappa shape index (κ3) is 7.09. The van der Waals surface area contributed by atoms with E-state index in [0.717, 1.165) is 0 Å². The van der Waals surface area contributed by atoms with E-state index < -0.39 is 11.5 Å². The Morgan fingerprint density at radius 1 is 1.25 bits per heavy atom. The van der Waals surface area contributed by atoms with E-state index in [9.17, 15) is 9.59 Å². The molecule has 0 aromatic heterocycles. The van der Waals surface area contributed by atoms with Gasteiger partial charge < -0.3 is 14.8 Å². The SMILES string of the molecule is CC(C)OC(=O)NCCOC(=O)C(C)(C)C. The molecule has 0 radical (unpaired) electrons. The molecule has 0 unspecified atom stereocenters. The molecule has 0 fully saturated rings. The van der Waals surface area contributed by atoms with Gasteiger partial charge in [0.1, 0.15) is 6.61 Å². The molecule has 0 saturated carbocycles. The third-order valence-corrected chi connectivity index (χ3v) is 1.56. The maximum Gasteiger partial charge on any atom is 0.407 e. The summed E-state index contributed by atoms with van der Waals surface area (Å²) in [5, 5.41) is 2.48. The summed E-state index contributed by atoms with van der Waals surface area (Å²) in [4.78, 5) is 22.3. The Kier molecular flexibility index (Phi) is 5.85. The van der Waals surface area contributed by atoms with Gasteiger partial charge in [0, 0.05) is 0 Å². The van der Waals surface area contributed by atoms with Crippen LogP contribution in [0.5, 0.6) is 0 Å². The van der Waals surface area contributed by atoms with E-state index >= 15 is 0 Å². The van der Waals surface area contributed by atoms with Crippen LogP contribution in [-0.4, -0.2) is 31.3 Å². The molecule has 1 N–H and O–H groups in total. The van der Waals surface area contributed by atoms with Gasteiger partial charge in [-0.05, 0) is 34.6 Å². The second-order valence-corrected chi connectivity index (χ2v) is 4.77. The van der Waals surface area contributed by atoms with E-state index in [1.807, 2.05) is 0 Å². The van der Waals surface area contributed by atoms with Crippen LogP contribution in [0, 0.1) is 5.41 Å². The van der Waals surface area contributed by atoms with Gasteiger partial charge in [0.05, 0.1) is 18.1 Å². The van der Waals surface area contributed by atoms with Gasteiger partial charge in [0.15, 0.2) is 0 Å². The molecule has 0 aliphatic heterocycles. The zero-order valence-electron chi connectivity index (χ0n) is 10.6. The lowest BCUT2D eigenvalue weighted by Crippen LogP contribution is -2.32. The topological polar surface area (TPSA) is 64.6 Å². The summed E-state index contributed by atoms with van der Waals surface area (Å²) in [7, 11) is 0. The highest BCUT2D eigenvalue weighted by Gasteiger charge is 2.22. The number of hydrogen-bond donors (Lipinski definition) is 1. The largest absolute Gasteiger partial charge is 0.463 e. The Morgan fingerprint density at radius 2 is 1.81 bits per heavy atom. The second kappa shape index (κ2) is 6.35. The van der Waals surface area contributed by atoms with Crippen LogP contribution in [0.1, 0.15) is 34.6 Å². The first-order valence-electron chi connectivity index (χ1n) is 5.35. The molecule has 0 atom stereocenters. The highest BCUT2D eigenvalue weighted by molar-refractivity contribution is 5.75. The summed E-state index contributed by atoms with van der Waals surface area (Å²) in [5.74, 6) is -0.286. The quantitative estimate of drug-likeness (QED) is 0.591. The number of alkyl carbamates (subject to hydrolysis) is 1. The first kappa shape index (κ1) is 14.7. The molecule has 0 heterocycles. The van der Waals surface area contributed by atoms with Gasteiger partial charge in [-0.2, -0.15) is 0 Å². The molecule has 1 amide bonds. The molecule has 0 saturated heterocycles. The Morgan fingerprint density at radius 3 is 2.25 bits per heavy atom. The van der Waals surface area contributed by atoms with Crippen LogP contribution in [0.15, 0.2) is 0 Å². The number of nitrogens with one attached hydrogen (secondary N) is 1. The minimum Gasteiger partial charge on any atom is -0.463 e. The third-order valence-electron chi connectivity index (χ3n) is 1.56. The van der Waals surface area contributed by atoms with Crippen molar-refractivity contribution in [1.29, 1.82) is 0 Å². The van der Waals surface area contributed by atoms with Crippen LogP contribution in [0.3, 0.4) is 0 Å². The number of carbonyl (C=O) groups is 2. The van der Waals surface area contributed by atoms with Crippen molar-refractivity contribution in [3.8, 4) is 0 Å². The fraction of sp³-hybridized carbons (Fsp3) is 0.818. The van der Waals surface area contributed by atoms with Crippen LogP contribution in [0.4, 0.5) is 4.79 Å². The van der Waals surface area contributed by atoms with Crippen molar-refractivity contribution in [2.75, 3.05) is 13.2 Å². The number of hydrogen-bond acceptors (Lipinski definition) is 4. The van der Waals surface area contributed by atoms with Crippen LogP contribution in [0.25, 0.3) is 0 Å². The van der Waals surface area contributed by atoms with Crippen molar-refractivity contribution in [3.05, 3.63) is 0 Å². The average Bonchev–Trinajstić information content (AvgIpc) is 2.09. The maximum absolute atomic E-state index is 11.3. The molecule has 5 heteroatoms. The van der Waals surface area contributed by atoms with Crippen LogP contribution in [-0.2, 0) is 14.3 Å². The minimum absolute atomic E-state index is 0.155. The highest BCUT2D eigenvalue weighted by atomic mass is 16.6. The predicted molar refractivity (Wildman–Crippen MR) is 60.0 cm³/mol. The van der Waals surface area contributed by atoms with Crippen molar-refractivity contribution < 1.29 is 19.1 Å². The van der Waals surface area contributed by atoms with E-state index in [0.29, 0.717) is 0 Å². The Balaban J connectivity index is 3.62. The fourth-order valence-corrected chi connectivity index (χ4v) is 0.769. The summed E-state index contributed by atoms with van der Waals surface area (Å²) in [6, 6.07) is 0. The smallest absolute Gasteiger partial charge is 0.407 e. The van der Waals surface area contributed by atoms with Crippen molar-refractivity contribution in [2.24, 2.45) is 5.41 Å². The Bertz CT molecular complexity index is 243. The zero-order chi connectivity index (χ0) is 12.8. The maximum atomic E-state index is 11.3. The molecule has 0 bridgehead atoms. The summed E-state index contributed by atoms with van der Waals surface area (Å²) in [6.45, 7) is 9.26. The van der Waals surface area contributed by atoms with Crippen molar-refractivity contribution >= 4 is 12.1 Å². The lowest BCUT2D eigenvalue weighted by molar-refractivity contribution is -0.152. The molecular formula is C11H21NO4. The molecule has 0 rings (SSSR count). The number of amides is 1. The van der Waals surface area contributed by atoms with Gasteiger partial charge in [-0.1, -0.05) is 0 Å². The van der Waals surface area contributed by atoms with Gasteiger partial charge in [0.2, 0.25) is 0 Å². The first-order chi connectivity index (χ1) is 7.23. The number of rotatable bonds is 4. The molecule has 0 aromatic carbocycles. The Labute approximate surface area is 96.5 Å². The Hall–Kier alpha value is -1.26. The summed E-state index contributed by atoms with van der Waals surface area (Å²) in [5.41, 5.74) is -0.515. The number of carbonyl (C=O) groups excluding carboxylic acids is 2. The van der Waals surface area contributed by atoms with Gasteiger partial charge >= 0.3 is 12.1 Å². The average molecular weight is 231 g/mol. The monoisotopic (exact) mass is 231 g/mol. The second-order valence-electron chi connectivity index (χ2n) is 4.77. The molecular weight excluding hydrogens is 210 g/mol. The highest BCUT2D eigenvalue weighted by Crippen LogP contribution is 2.14.